The first-order valence-electron chi connectivity index (χ1n) is 9.16. The Balaban J connectivity index is 1.68. The van der Waals surface area contributed by atoms with Crippen LogP contribution in [0, 0.1) is 0 Å². The third-order valence-corrected chi connectivity index (χ3v) is 5.51. The van der Waals surface area contributed by atoms with Crippen LogP contribution >= 0.6 is 11.3 Å². The molecular weight excluding hydrogens is 386 g/mol. The summed E-state index contributed by atoms with van der Waals surface area (Å²) < 4.78 is 12.7. The molecule has 0 radical (unpaired) electrons. The molecule has 2 aromatic heterocycles. The van der Waals surface area contributed by atoms with E-state index in [-0.39, 0.29) is 12.5 Å². The Hall–Kier alpha value is -3.32. The van der Waals surface area contributed by atoms with Gasteiger partial charge >= 0.3 is 0 Å². The summed E-state index contributed by atoms with van der Waals surface area (Å²) in [5.74, 6) is 1.90. The molecule has 6 nitrogen and oxygen atoms in total. The van der Waals surface area contributed by atoms with Crippen LogP contribution < -0.4 is 14.8 Å². The summed E-state index contributed by atoms with van der Waals surface area (Å²) in [7, 11) is 3.20. The van der Waals surface area contributed by atoms with Crippen LogP contribution in [0.5, 0.6) is 11.5 Å². The van der Waals surface area contributed by atoms with Gasteiger partial charge < -0.3 is 19.4 Å². The van der Waals surface area contributed by atoms with E-state index in [9.17, 15) is 4.79 Å². The number of thiophene rings is 1. The van der Waals surface area contributed by atoms with Crippen LogP contribution in [0.25, 0.3) is 22.4 Å². The summed E-state index contributed by atoms with van der Waals surface area (Å²) >= 11 is 1.62. The first-order valence-corrected chi connectivity index (χ1v) is 10.0. The molecule has 0 aliphatic rings. The van der Waals surface area contributed by atoms with Gasteiger partial charge in [-0.2, -0.15) is 0 Å². The molecule has 148 valence electrons. The van der Waals surface area contributed by atoms with E-state index in [0.717, 1.165) is 21.5 Å². The van der Waals surface area contributed by atoms with Gasteiger partial charge in [0.25, 0.3) is 0 Å². The smallest absolute Gasteiger partial charge is 0.240 e. The van der Waals surface area contributed by atoms with E-state index in [1.807, 2.05) is 64.5 Å². The zero-order valence-electron chi connectivity index (χ0n) is 16.2. The van der Waals surface area contributed by atoms with Crippen LogP contribution in [0.2, 0.25) is 0 Å². The summed E-state index contributed by atoms with van der Waals surface area (Å²) in [6, 6.07) is 17.4. The Labute approximate surface area is 172 Å². The van der Waals surface area contributed by atoms with E-state index in [1.54, 1.807) is 25.6 Å². The van der Waals surface area contributed by atoms with Crippen molar-refractivity contribution in [1.82, 2.24) is 14.9 Å². The van der Waals surface area contributed by atoms with Gasteiger partial charge in [-0.05, 0) is 41.8 Å². The number of aromatic nitrogens is 2. The summed E-state index contributed by atoms with van der Waals surface area (Å²) in [6.45, 7) is 0.699. The third-order valence-electron chi connectivity index (χ3n) is 4.64. The fraction of sp³-hybridized carbons (Fsp3) is 0.182. The first kappa shape index (κ1) is 19.0. The van der Waals surface area contributed by atoms with Crippen molar-refractivity contribution in [2.24, 2.45) is 0 Å². The number of methoxy groups -OCH3 is 2. The van der Waals surface area contributed by atoms with Crippen molar-refractivity contribution in [3.8, 4) is 22.9 Å². The number of carbonyl (C=O) groups excluding carboxylic acids is 1. The van der Waals surface area contributed by atoms with Crippen LogP contribution in [0.1, 0.15) is 4.88 Å². The molecule has 0 saturated heterocycles. The second kappa shape index (κ2) is 8.36. The fourth-order valence-electron chi connectivity index (χ4n) is 3.23. The lowest BCUT2D eigenvalue weighted by atomic mass is 10.2. The number of benzene rings is 2. The molecule has 0 atom stereocenters. The molecule has 2 aromatic carbocycles. The molecule has 4 aromatic rings. The van der Waals surface area contributed by atoms with Crippen LogP contribution in [0.15, 0.2) is 60.0 Å². The molecule has 1 amide bonds. The lowest BCUT2D eigenvalue weighted by molar-refractivity contribution is -0.121. The van der Waals surface area contributed by atoms with E-state index in [4.69, 9.17) is 14.5 Å². The summed E-state index contributed by atoms with van der Waals surface area (Å²) in [5, 5.41) is 4.99. The molecule has 4 rings (SSSR count). The van der Waals surface area contributed by atoms with Crippen LogP contribution in [0.4, 0.5) is 0 Å². The Bertz CT molecular complexity index is 1140. The standard InChI is InChI=1S/C22H21N3O3S/c1-27-19-10-9-15(12-20(19)28-2)22-24-17-7-3-4-8-18(17)25(22)14-21(26)23-13-16-6-5-11-29-16/h3-12H,13-14H2,1-2H3,(H,23,26). The maximum atomic E-state index is 12.7. The number of hydrogen-bond acceptors (Lipinski definition) is 5. The lowest BCUT2D eigenvalue weighted by Crippen LogP contribution is -2.27. The van der Waals surface area contributed by atoms with Gasteiger partial charge in [0.15, 0.2) is 11.5 Å². The number of carbonyl (C=O) groups is 1. The van der Waals surface area contributed by atoms with Crippen molar-refractivity contribution in [3.05, 3.63) is 64.9 Å². The van der Waals surface area contributed by atoms with E-state index in [2.05, 4.69) is 5.32 Å². The molecule has 7 heteroatoms. The van der Waals surface area contributed by atoms with E-state index in [1.165, 1.54) is 0 Å². The minimum atomic E-state index is -0.0664. The number of fused-ring (bicyclic) bond motifs is 1. The summed E-state index contributed by atoms with van der Waals surface area (Å²) in [5.41, 5.74) is 2.59. The second-order valence-electron chi connectivity index (χ2n) is 6.44. The van der Waals surface area contributed by atoms with Gasteiger partial charge in [-0.3, -0.25) is 4.79 Å². The summed E-state index contributed by atoms with van der Waals surface area (Å²) in [4.78, 5) is 18.5. The topological polar surface area (TPSA) is 65.4 Å². The number of ether oxygens (including phenoxy) is 2. The fourth-order valence-corrected chi connectivity index (χ4v) is 3.87. The van der Waals surface area contributed by atoms with Gasteiger partial charge in [0.1, 0.15) is 12.4 Å². The predicted molar refractivity (Wildman–Crippen MR) is 114 cm³/mol. The van der Waals surface area contributed by atoms with Gasteiger partial charge in [0, 0.05) is 10.4 Å². The van der Waals surface area contributed by atoms with Gasteiger partial charge in [0.2, 0.25) is 5.91 Å². The highest BCUT2D eigenvalue weighted by molar-refractivity contribution is 7.09. The maximum absolute atomic E-state index is 12.7. The van der Waals surface area contributed by atoms with Crippen molar-refractivity contribution < 1.29 is 14.3 Å². The lowest BCUT2D eigenvalue weighted by Gasteiger charge is -2.12. The van der Waals surface area contributed by atoms with Crippen molar-refractivity contribution in [3.63, 3.8) is 0 Å². The quantitative estimate of drug-likeness (QED) is 0.501. The number of hydrogen-bond donors (Lipinski definition) is 1. The number of nitrogens with zero attached hydrogens (tertiary/aromatic N) is 2. The average Bonchev–Trinajstić information content (AvgIpc) is 3.40. The zero-order chi connectivity index (χ0) is 20.2. The highest BCUT2D eigenvalue weighted by Gasteiger charge is 2.17. The first-order chi connectivity index (χ1) is 14.2. The maximum Gasteiger partial charge on any atom is 0.240 e. The van der Waals surface area contributed by atoms with Gasteiger partial charge in [-0.25, -0.2) is 4.98 Å². The molecule has 0 spiro atoms. The molecule has 2 heterocycles. The van der Waals surface area contributed by atoms with E-state index in [0.29, 0.717) is 23.9 Å². The Kier molecular flexibility index (Phi) is 5.48. The molecule has 1 N–H and O–H groups in total. The Morgan fingerprint density at radius 2 is 1.90 bits per heavy atom. The number of amides is 1. The van der Waals surface area contributed by atoms with Crippen molar-refractivity contribution in [1.29, 1.82) is 0 Å². The second-order valence-corrected chi connectivity index (χ2v) is 7.47. The van der Waals surface area contributed by atoms with Crippen LogP contribution in [-0.2, 0) is 17.9 Å². The number of rotatable bonds is 7. The monoisotopic (exact) mass is 407 g/mol. The van der Waals surface area contributed by atoms with Gasteiger partial charge in [-0.1, -0.05) is 18.2 Å². The third kappa shape index (κ3) is 3.95. The molecule has 0 fully saturated rings. The Morgan fingerprint density at radius 1 is 1.07 bits per heavy atom. The zero-order valence-corrected chi connectivity index (χ0v) is 17.0. The number of para-hydroxylation sites is 2. The van der Waals surface area contributed by atoms with E-state index < -0.39 is 0 Å². The normalized spacial score (nSPS) is 10.8. The Morgan fingerprint density at radius 3 is 2.66 bits per heavy atom. The highest BCUT2D eigenvalue weighted by atomic mass is 32.1. The molecule has 0 saturated carbocycles. The molecule has 0 bridgehead atoms. The SMILES string of the molecule is COc1ccc(-c2nc3ccccc3n2CC(=O)NCc2cccs2)cc1OC. The van der Waals surface area contributed by atoms with Gasteiger partial charge in [-0.15, -0.1) is 11.3 Å². The molecule has 0 aliphatic carbocycles. The summed E-state index contributed by atoms with van der Waals surface area (Å²) in [6.07, 6.45) is 0. The predicted octanol–water partition coefficient (Wildman–Crippen LogP) is 4.10. The number of imidazole rings is 1. The van der Waals surface area contributed by atoms with Crippen LogP contribution in [0.3, 0.4) is 0 Å². The van der Waals surface area contributed by atoms with Gasteiger partial charge in [0.05, 0.1) is 31.8 Å². The molecule has 29 heavy (non-hydrogen) atoms. The van der Waals surface area contributed by atoms with E-state index >= 15 is 0 Å². The minimum absolute atomic E-state index is 0.0664. The highest BCUT2D eigenvalue weighted by Crippen LogP contribution is 2.33. The van der Waals surface area contributed by atoms with Crippen molar-refractivity contribution >= 4 is 28.3 Å². The minimum Gasteiger partial charge on any atom is -0.493 e. The number of nitrogens with one attached hydrogen (secondary N) is 1. The largest absolute Gasteiger partial charge is 0.493 e. The van der Waals surface area contributed by atoms with Crippen molar-refractivity contribution in [2.75, 3.05) is 14.2 Å². The van der Waals surface area contributed by atoms with Crippen molar-refractivity contribution in [2.45, 2.75) is 13.1 Å². The molecule has 0 unspecified atom stereocenters. The van der Waals surface area contributed by atoms with Crippen LogP contribution in [-0.4, -0.2) is 29.7 Å². The molecular formula is C22H21N3O3S. The average molecular weight is 407 g/mol. The molecule has 0 aliphatic heterocycles.